The van der Waals surface area contributed by atoms with Gasteiger partial charge >= 0.3 is 0 Å². The molecule has 3 rings (SSSR count). The molecule has 0 spiro atoms. The largest absolute Gasteiger partial charge is 0.322 e. The van der Waals surface area contributed by atoms with E-state index in [1.807, 2.05) is 48.5 Å². The molecule has 0 atom stereocenters. The Morgan fingerprint density at radius 1 is 1.12 bits per heavy atom. The van der Waals surface area contributed by atoms with Gasteiger partial charge in [0.2, 0.25) is 0 Å². The maximum atomic E-state index is 12.4. The third-order valence-corrected chi connectivity index (χ3v) is 3.89. The van der Waals surface area contributed by atoms with E-state index in [9.17, 15) is 4.79 Å². The zero-order valence-corrected chi connectivity index (χ0v) is 13.9. The highest BCUT2D eigenvalue weighted by molar-refractivity contribution is 6.03. The van der Waals surface area contributed by atoms with Crippen LogP contribution in [0.3, 0.4) is 0 Å². The molecule has 1 amide bonds. The van der Waals surface area contributed by atoms with Crippen molar-refractivity contribution in [3.8, 4) is 0 Å². The number of amides is 1. The Hall–Kier alpha value is -2.88. The minimum atomic E-state index is -0.143. The van der Waals surface area contributed by atoms with Crippen LogP contribution in [0.5, 0.6) is 0 Å². The molecule has 0 unspecified atom stereocenters. The molecule has 1 heterocycles. The van der Waals surface area contributed by atoms with Gasteiger partial charge in [0.05, 0.1) is 18.3 Å². The molecule has 0 saturated heterocycles. The molecule has 1 aromatic heterocycles. The number of rotatable bonds is 5. The number of carbonyl (C=O) groups is 1. The quantitative estimate of drug-likeness (QED) is 0.762. The molecule has 0 aliphatic carbocycles. The molecule has 4 heteroatoms. The Morgan fingerprint density at radius 2 is 1.92 bits per heavy atom. The summed E-state index contributed by atoms with van der Waals surface area (Å²) in [5, 5.41) is 7.21. The van der Waals surface area contributed by atoms with Gasteiger partial charge in [-0.3, -0.25) is 9.48 Å². The highest BCUT2D eigenvalue weighted by Gasteiger charge is 2.10. The number of hydrogen-bond donors (Lipinski definition) is 1. The van der Waals surface area contributed by atoms with Gasteiger partial charge in [0.25, 0.3) is 5.91 Å². The maximum Gasteiger partial charge on any atom is 0.258 e. The summed E-state index contributed by atoms with van der Waals surface area (Å²) in [6.45, 7) is 4.92. The molecule has 0 radical (unpaired) electrons. The van der Waals surface area contributed by atoms with Gasteiger partial charge in [0.1, 0.15) is 0 Å². The van der Waals surface area contributed by atoms with Crippen molar-refractivity contribution in [2.75, 3.05) is 5.32 Å². The zero-order chi connectivity index (χ0) is 16.9. The SMILES string of the molecule is CC(C)c1cccc(NC(=O)c2cnn(Cc3ccccc3)c2)c1. The van der Waals surface area contributed by atoms with Crippen molar-refractivity contribution in [1.29, 1.82) is 0 Å². The van der Waals surface area contributed by atoms with Crippen LogP contribution in [0.4, 0.5) is 5.69 Å². The lowest BCUT2D eigenvalue weighted by atomic mass is 10.0. The van der Waals surface area contributed by atoms with Gasteiger partial charge in [0.15, 0.2) is 0 Å². The topological polar surface area (TPSA) is 46.9 Å². The minimum absolute atomic E-state index is 0.143. The molecule has 0 aliphatic heterocycles. The first-order chi connectivity index (χ1) is 11.6. The van der Waals surface area contributed by atoms with Gasteiger partial charge in [-0.25, -0.2) is 0 Å². The first-order valence-corrected chi connectivity index (χ1v) is 8.09. The third kappa shape index (κ3) is 3.90. The lowest BCUT2D eigenvalue weighted by Crippen LogP contribution is -2.11. The molecule has 0 saturated carbocycles. The maximum absolute atomic E-state index is 12.4. The van der Waals surface area contributed by atoms with Crippen molar-refractivity contribution in [3.63, 3.8) is 0 Å². The highest BCUT2D eigenvalue weighted by Crippen LogP contribution is 2.19. The van der Waals surface area contributed by atoms with Crippen LogP contribution in [0.15, 0.2) is 67.0 Å². The summed E-state index contributed by atoms with van der Waals surface area (Å²) < 4.78 is 1.77. The van der Waals surface area contributed by atoms with Crippen molar-refractivity contribution in [1.82, 2.24) is 9.78 Å². The second-order valence-corrected chi connectivity index (χ2v) is 6.15. The first kappa shape index (κ1) is 16.0. The summed E-state index contributed by atoms with van der Waals surface area (Å²) in [5.41, 5.74) is 3.72. The molecular weight excluding hydrogens is 298 g/mol. The van der Waals surface area contributed by atoms with E-state index in [-0.39, 0.29) is 5.91 Å². The molecule has 4 nitrogen and oxygen atoms in total. The van der Waals surface area contributed by atoms with Gasteiger partial charge in [-0.05, 0) is 29.2 Å². The number of anilines is 1. The van der Waals surface area contributed by atoms with Gasteiger partial charge < -0.3 is 5.32 Å². The van der Waals surface area contributed by atoms with Crippen LogP contribution >= 0.6 is 0 Å². The number of benzene rings is 2. The molecular formula is C20H21N3O. The fraction of sp³-hybridized carbons (Fsp3) is 0.200. The molecule has 2 aromatic carbocycles. The Kier molecular flexibility index (Phi) is 4.75. The van der Waals surface area contributed by atoms with Gasteiger partial charge in [-0.2, -0.15) is 5.10 Å². The molecule has 24 heavy (non-hydrogen) atoms. The average Bonchev–Trinajstić information content (AvgIpc) is 3.04. The van der Waals surface area contributed by atoms with Crippen molar-refractivity contribution < 1.29 is 4.79 Å². The average molecular weight is 319 g/mol. The molecule has 3 aromatic rings. The van der Waals surface area contributed by atoms with Crippen LogP contribution in [0.2, 0.25) is 0 Å². The van der Waals surface area contributed by atoms with Crippen molar-refractivity contribution >= 4 is 11.6 Å². The van der Waals surface area contributed by atoms with E-state index in [2.05, 4.69) is 30.3 Å². The van der Waals surface area contributed by atoms with Crippen molar-refractivity contribution in [3.05, 3.63) is 83.7 Å². The number of nitrogens with zero attached hydrogens (tertiary/aromatic N) is 2. The molecule has 0 bridgehead atoms. The number of carbonyl (C=O) groups excluding carboxylic acids is 1. The molecule has 1 N–H and O–H groups in total. The van der Waals surface area contributed by atoms with Crippen molar-refractivity contribution in [2.45, 2.75) is 26.3 Å². The van der Waals surface area contributed by atoms with E-state index in [1.54, 1.807) is 17.1 Å². The van der Waals surface area contributed by atoms with Crippen LogP contribution < -0.4 is 5.32 Å². The Balaban J connectivity index is 1.69. The van der Waals surface area contributed by atoms with Crippen LogP contribution in [0.1, 0.15) is 41.3 Å². The fourth-order valence-electron chi connectivity index (χ4n) is 2.52. The normalized spacial score (nSPS) is 10.8. The minimum Gasteiger partial charge on any atom is -0.322 e. The summed E-state index contributed by atoms with van der Waals surface area (Å²) in [7, 11) is 0. The van der Waals surface area contributed by atoms with E-state index >= 15 is 0 Å². The van der Waals surface area contributed by atoms with E-state index < -0.39 is 0 Å². The summed E-state index contributed by atoms with van der Waals surface area (Å²) in [6.07, 6.45) is 3.37. The van der Waals surface area contributed by atoms with E-state index in [4.69, 9.17) is 0 Å². The van der Waals surface area contributed by atoms with Gasteiger partial charge in [0, 0.05) is 11.9 Å². The predicted octanol–water partition coefficient (Wildman–Crippen LogP) is 4.31. The van der Waals surface area contributed by atoms with Crippen LogP contribution in [0, 0.1) is 0 Å². The molecule has 0 fully saturated rings. The highest BCUT2D eigenvalue weighted by atomic mass is 16.1. The lowest BCUT2D eigenvalue weighted by molar-refractivity contribution is 0.102. The Morgan fingerprint density at radius 3 is 2.67 bits per heavy atom. The van der Waals surface area contributed by atoms with E-state index in [0.29, 0.717) is 18.0 Å². The van der Waals surface area contributed by atoms with Crippen LogP contribution in [0.25, 0.3) is 0 Å². The number of nitrogens with one attached hydrogen (secondary N) is 1. The fourth-order valence-corrected chi connectivity index (χ4v) is 2.52. The summed E-state index contributed by atoms with van der Waals surface area (Å²) in [6, 6.07) is 18.0. The zero-order valence-electron chi connectivity index (χ0n) is 13.9. The summed E-state index contributed by atoms with van der Waals surface area (Å²) in [4.78, 5) is 12.4. The standard InChI is InChI=1S/C20H21N3O/c1-15(2)17-9-6-10-19(11-17)22-20(24)18-12-21-23(14-18)13-16-7-4-3-5-8-16/h3-12,14-15H,13H2,1-2H3,(H,22,24). The molecule has 122 valence electrons. The van der Waals surface area contributed by atoms with Gasteiger partial charge in [-0.15, -0.1) is 0 Å². The Labute approximate surface area is 142 Å². The number of hydrogen-bond acceptors (Lipinski definition) is 2. The summed E-state index contributed by atoms with van der Waals surface area (Å²) in [5.74, 6) is 0.283. The number of aromatic nitrogens is 2. The van der Waals surface area contributed by atoms with Crippen LogP contribution in [-0.2, 0) is 6.54 Å². The molecule has 0 aliphatic rings. The van der Waals surface area contributed by atoms with E-state index in [0.717, 1.165) is 11.3 Å². The monoisotopic (exact) mass is 319 g/mol. The lowest BCUT2D eigenvalue weighted by Gasteiger charge is -2.08. The Bertz CT molecular complexity index is 822. The van der Waals surface area contributed by atoms with Crippen molar-refractivity contribution in [2.24, 2.45) is 0 Å². The summed E-state index contributed by atoms with van der Waals surface area (Å²) >= 11 is 0. The predicted molar refractivity (Wildman–Crippen MR) is 96.3 cm³/mol. The van der Waals surface area contributed by atoms with E-state index in [1.165, 1.54) is 5.56 Å². The second-order valence-electron chi connectivity index (χ2n) is 6.15. The third-order valence-electron chi connectivity index (χ3n) is 3.89. The van der Waals surface area contributed by atoms with Crippen LogP contribution in [-0.4, -0.2) is 15.7 Å². The first-order valence-electron chi connectivity index (χ1n) is 8.09. The second kappa shape index (κ2) is 7.13. The van der Waals surface area contributed by atoms with Gasteiger partial charge in [-0.1, -0.05) is 56.3 Å². The smallest absolute Gasteiger partial charge is 0.258 e.